The Morgan fingerprint density at radius 3 is 2.76 bits per heavy atom. The topological polar surface area (TPSA) is 61.5 Å². The van der Waals surface area contributed by atoms with Gasteiger partial charge in [0.1, 0.15) is 18.2 Å². The maximum absolute atomic E-state index is 13.4. The Morgan fingerprint density at radius 1 is 1.08 bits per heavy atom. The molecule has 0 bridgehead atoms. The van der Waals surface area contributed by atoms with E-state index in [2.05, 4.69) is 44.0 Å². The highest BCUT2D eigenvalue weighted by molar-refractivity contribution is 5.97. The third kappa shape index (κ3) is 5.69. The minimum atomic E-state index is 0.150. The van der Waals surface area contributed by atoms with Crippen LogP contribution in [-0.2, 0) is 6.42 Å². The number of para-hydroxylation sites is 1. The van der Waals surface area contributed by atoms with E-state index in [0.29, 0.717) is 0 Å². The van der Waals surface area contributed by atoms with E-state index in [1.165, 1.54) is 44.2 Å². The second-order valence-corrected chi connectivity index (χ2v) is 11.7. The number of nitrogens with one attached hydrogen (secondary N) is 1. The number of ether oxygens (including phenoxy) is 1. The minimum absolute atomic E-state index is 0.150. The van der Waals surface area contributed by atoms with Crippen molar-refractivity contribution in [1.82, 2.24) is 19.8 Å². The Morgan fingerprint density at radius 2 is 1.92 bits per heavy atom. The highest BCUT2D eigenvalue weighted by Gasteiger charge is 2.38. The number of carbonyl (C=O) groups excluding carboxylic acids is 1. The second kappa shape index (κ2) is 10.5. The molecule has 6 heteroatoms. The van der Waals surface area contributed by atoms with E-state index < -0.39 is 0 Å². The fourth-order valence-corrected chi connectivity index (χ4v) is 6.45. The van der Waals surface area contributed by atoms with Crippen molar-refractivity contribution in [2.24, 2.45) is 11.3 Å². The number of nitrogens with zero attached hydrogens (tertiary/aromatic N) is 3. The van der Waals surface area contributed by atoms with Gasteiger partial charge in [-0.2, -0.15) is 0 Å². The number of aryl methyl sites for hydroxylation is 2. The van der Waals surface area contributed by atoms with Crippen molar-refractivity contribution in [2.45, 2.75) is 58.3 Å². The van der Waals surface area contributed by atoms with Gasteiger partial charge in [-0.05, 0) is 93.0 Å². The summed E-state index contributed by atoms with van der Waals surface area (Å²) in [4.78, 5) is 25.9. The van der Waals surface area contributed by atoms with E-state index in [1.807, 2.05) is 25.1 Å². The predicted molar refractivity (Wildman–Crippen MR) is 147 cm³/mol. The first-order chi connectivity index (χ1) is 18.1. The molecule has 6 rings (SSSR count). The van der Waals surface area contributed by atoms with Crippen LogP contribution in [0, 0.1) is 18.3 Å². The molecule has 3 heterocycles. The van der Waals surface area contributed by atoms with Gasteiger partial charge in [0.25, 0.3) is 5.91 Å². The quantitative estimate of drug-likeness (QED) is 0.508. The van der Waals surface area contributed by atoms with Gasteiger partial charge in [0, 0.05) is 38.3 Å². The van der Waals surface area contributed by atoms with Crippen molar-refractivity contribution in [3.63, 3.8) is 0 Å². The molecule has 1 amide bonds. The van der Waals surface area contributed by atoms with Gasteiger partial charge < -0.3 is 14.6 Å². The summed E-state index contributed by atoms with van der Waals surface area (Å²) in [6.45, 7) is 7.70. The first-order valence-corrected chi connectivity index (χ1v) is 14.3. The third-order valence-electron chi connectivity index (χ3n) is 8.77. The molecule has 37 heavy (non-hydrogen) atoms. The highest BCUT2D eigenvalue weighted by Crippen LogP contribution is 2.40. The SMILES string of the molecule is Cc1nc2ccc(C(=O)N3CCC4(CCCCc5ccccc5OCCN(CC5CC5)C4)CC3)cc2[nH]1. The fraction of sp³-hybridized carbons (Fsp3) is 0.548. The second-order valence-electron chi connectivity index (χ2n) is 11.7. The van der Waals surface area contributed by atoms with Crippen molar-refractivity contribution >= 4 is 16.9 Å². The molecule has 1 aromatic heterocycles. The zero-order valence-corrected chi connectivity index (χ0v) is 22.2. The maximum atomic E-state index is 13.4. The van der Waals surface area contributed by atoms with Crippen molar-refractivity contribution in [3.8, 4) is 5.75 Å². The molecule has 196 valence electrons. The molecule has 3 aliphatic rings. The summed E-state index contributed by atoms with van der Waals surface area (Å²) in [5.74, 6) is 2.96. The van der Waals surface area contributed by atoms with Gasteiger partial charge in [-0.15, -0.1) is 0 Å². The number of carbonyl (C=O) groups is 1. The number of rotatable bonds is 3. The van der Waals surface area contributed by atoms with Crippen LogP contribution in [-0.4, -0.2) is 65.0 Å². The molecule has 1 saturated carbocycles. The van der Waals surface area contributed by atoms with Crippen molar-refractivity contribution in [3.05, 3.63) is 59.4 Å². The minimum Gasteiger partial charge on any atom is -0.492 e. The summed E-state index contributed by atoms with van der Waals surface area (Å²) in [5, 5.41) is 0. The first kappa shape index (κ1) is 24.5. The van der Waals surface area contributed by atoms with Crippen LogP contribution in [0.25, 0.3) is 11.0 Å². The van der Waals surface area contributed by atoms with Gasteiger partial charge in [-0.1, -0.05) is 24.6 Å². The Bertz CT molecular complexity index is 1240. The average molecular weight is 501 g/mol. The molecule has 2 aromatic carbocycles. The molecule has 0 unspecified atom stereocenters. The Kier molecular flexibility index (Phi) is 6.94. The van der Waals surface area contributed by atoms with Gasteiger partial charge in [0.05, 0.1) is 11.0 Å². The number of aromatic amines is 1. The number of imidazole rings is 1. The smallest absolute Gasteiger partial charge is 0.253 e. The van der Waals surface area contributed by atoms with E-state index in [1.54, 1.807) is 0 Å². The van der Waals surface area contributed by atoms with E-state index in [4.69, 9.17) is 4.74 Å². The number of amides is 1. The van der Waals surface area contributed by atoms with E-state index >= 15 is 0 Å². The summed E-state index contributed by atoms with van der Waals surface area (Å²) < 4.78 is 6.30. The van der Waals surface area contributed by atoms with Gasteiger partial charge in [-0.25, -0.2) is 4.98 Å². The van der Waals surface area contributed by atoms with Crippen molar-refractivity contribution in [1.29, 1.82) is 0 Å². The van der Waals surface area contributed by atoms with Gasteiger partial charge in [-0.3, -0.25) is 9.69 Å². The Hall–Kier alpha value is -2.86. The van der Waals surface area contributed by atoms with Crippen LogP contribution in [0.5, 0.6) is 5.75 Å². The molecule has 1 saturated heterocycles. The standard InChI is InChI=1S/C31H40N4O2/c1-23-32-27-12-11-26(20-28(27)33-23)30(36)35-16-14-31(15-17-35)13-5-4-7-25-6-2-3-8-29(25)37-19-18-34(22-31)21-24-9-10-24/h2-3,6,8,11-12,20,24H,4-5,7,9-10,13-19,21-22H2,1H3,(H,32,33). The van der Waals surface area contributed by atoms with Crippen LogP contribution in [0.1, 0.15) is 66.7 Å². The lowest BCUT2D eigenvalue weighted by atomic mass is 9.73. The molecule has 0 radical (unpaired) electrons. The van der Waals surface area contributed by atoms with Crippen LogP contribution >= 0.6 is 0 Å². The lowest BCUT2D eigenvalue weighted by Gasteiger charge is -2.45. The zero-order valence-electron chi connectivity index (χ0n) is 22.2. The number of fused-ring (bicyclic) bond motifs is 2. The first-order valence-electron chi connectivity index (χ1n) is 14.3. The molecule has 3 aromatic rings. The van der Waals surface area contributed by atoms with Crippen LogP contribution < -0.4 is 4.74 Å². The van der Waals surface area contributed by atoms with Crippen LogP contribution in [0.2, 0.25) is 0 Å². The number of piperidine rings is 1. The number of aromatic nitrogens is 2. The summed E-state index contributed by atoms with van der Waals surface area (Å²) in [6, 6.07) is 14.4. The molecule has 2 aliphatic heterocycles. The zero-order chi connectivity index (χ0) is 25.2. The highest BCUT2D eigenvalue weighted by atomic mass is 16.5. The van der Waals surface area contributed by atoms with Crippen LogP contribution in [0.15, 0.2) is 42.5 Å². The fourth-order valence-electron chi connectivity index (χ4n) is 6.45. The molecule has 0 atom stereocenters. The lowest BCUT2D eigenvalue weighted by molar-refractivity contribution is 0.0368. The maximum Gasteiger partial charge on any atom is 0.253 e. The van der Waals surface area contributed by atoms with Crippen LogP contribution in [0.4, 0.5) is 0 Å². The molecular weight excluding hydrogens is 460 g/mol. The number of hydrogen-bond donors (Lipinski definition) is 1. The number of benzene rings is 2. The molecule has 1 aliphatic carbocycles. The van der Waals surface area contributed by atoms with Crippen LogP contribution in [0.3, 0.4) is 0 Å². The Balaban J connectivity index is 1.15. The number of likely N-dealkylation sites (tertiary alicyclic amines) is 1. The van der Waals surface area contributed by atoms with Crippen molar-refractivity contribution in [2.75, 3.05) is 39.3 Å². The van der Waals surface area contributed by atoms with Gasteiger partial charge in [0.2, 0.25) is 0 Å². The van der Waals surface area contributed by atoms with E-state index in [9.17, 15) is 4.79 Å². The number of H-pyrrole nitrogens is 1. The molecule has 1 spiro atoms. The largest absolute Gasteiger partial charge is 0.492 e. The van der Waals surface area contributed by atoms with E-state index in [0.717, 1.165) is 86.1 Å². The predicted octanol–water partition coefficient (Wildman–Crippen LogP) is 5.61. The normalized spacial score (nSPS) is 21.2. The Labute approximate surface area is 220 Å². The monoisotopic (exact) mass is 500 g/mol. The summed E-state index contributed by atoms with van der Waals surface area (Å²) in [5.41, 5.74) is 4.25. The summed E-state index contributed by atoms with van der Waals surface area (Å²) in [7, 11) is 0. The third-order valence-corrected chi connectivity index (χ3v) is 8.77. The molecule has 6 nitrogen and oxygen atoms in total. The average Bonchev–Trinajstić information content (AvgIpc) is 3.64. The van der Waals surface area contributed by atoms with Gasteiger partial charge in [0.15, 0.2) is 0 Å². The molecule has 1 N–H and O–H groups in total. The molecular formula is C31H40N4O2. The summed E-state index contributed by atoms with van der Waals surface area (Å²) >= 11 is 0. The summed E-state index contributed by atoms with van der Waals surface area (Å²) in [6.07, 6.45) is 9.67. The molecule has 2 fully saturated rings. The number of hydrogen-bond acceptors (Lipinski definition) is 4. The van der Waals surface area contributed by atoms with Crippen molar-refractivity contribution < 1.29 is 9.53 Å². The van der Waals surface area contributed by atoms with E-state index in [-0.39, 0.29) is 11.3 Å². The lowest BCUT2D eigenvalue weighted by Crippen LogP contribution is -2.49. The van der Waals surface area contributed by atoms with Gasteiger partial charge >= 0.3 is 0 Å².